The van der Waals surface area contributed by atoms with Crippen LogP contribution in [-0.4, -0.2) is 55.7 Å². The van der Waals surface area contributed by atoms with E-state index in [-0.39, 0.29) is 17.9 Å². The number of amides is 3. The average molecular weight is 354 g/mol. The van der Waals surface area contributed by atoms with Gasteiger partial charge in [-0.05, 0) is 44.9 Å². The minimum Gasteiger partial charge on any atom is -0.382 e. The van der Waals surface area contributed by atoms with Gasteiger partial charge >= 0.3 is 6.03 Å². The Morgan fingerprint density at radius 3 is 2.52 bits per heavy atom. The predicted octanol–water partition coefficient (Wildman–Crippen LogP) is 2.53. The molecular weight excluding hydrogens is 318 g/mol. The van der Waals surface area contributed by atoms with E-state index in [0.29, 0.717) is 44.8 Å². The third-order valence-corrected chi connectivity index (χ3v) is 5.54. The largest absolute Gasteiger partial charge is 0.382 e. The van der Waals surface area contributed by atoms with Crippen LogP contribution < -0.4 is 10.6 Å². The lowest BCUT2D eigenvalue weighted by atomic mass is 9.86. The first kappa shape index (κ1) is 20.0. The zero-order valence-electron chi connectivity index (χ0n) is 15.9. The van der Waals surface area contributed by atoms with E-state index in [9.17, 15) is 9.59 Å². The number of carbonyl (C=O) groups excluding carboxylic acids is 2. The molecule has 2 atom stereocenters. The van der Waals surface area contributed by atoms with Gasteiger partial charge in [0.25, 0.3) is 0 Å². The van der Waals surface area contributed by atoms with Gasteiger partial charge in [-0.3, -0.25) is 4.79 Å². The second kappa shape index (κ2) is 10.6. The summed E-state index contributed by atoms with van der Waals surface area (Å²) in [5.41, 5.74) is 0. The van der Waals surface area contributed by atoms with Crippen molar-refractivity contribution in [2.75, 3.05) is 32.8 Å². The lowest BCUT2D eigenvalue weighted by molar-refractivity contribution is -0.126. The zero-order valence-corrected chi connectivity index (χ0v) is 15.9. The fourth-order valence-corrected chi connectivity index (χ4v) is 3.80. The van der Waals surface area contributed by atoms with Crippen LogP contribution in [0.5, 0.6) is 0 Å². The topological polar surface area (TPSA) is 70.7 Å². The van der Waals surface area contributed by atoms with E-state index in [2.05, 4.69) is 17.6 Å². The highest BCUT2D eigenvalue weighted by atomic mass is 16.5. The molecule has 6 heteroatoms. The number of carbonyl (C=O) groups is 2. The number of ether oxygens (including phenoxy) is 1. The van der Waals surface area contributed by atoms with E-state index in [0.717, 1.165) is 25.7 Å². The van der Waals surface area contributed by atoms with Crippen molar-refractivity contribution in [1.82, 2.24) is 15.5 Å². The smallest absolute Gasteiger partial charge is 0.317 e. The van der Waals surface area contributed by atoms with Gasteiger partial charge in [-0.2, -0.15) is 0 Å². The van der Waals surface area contributed by atoms with Crippen molar-refractivity contribution in [2.24, 2.45) is 11.8 Å². The van der Waals surface area contributed by atoms with Crippen molar-refractivity contribution in [3.63, 3.8) is 0 Å². The van der Waals surface area contributed by atoms with Gasteiger partial charge in [-0.25, -0.2) is 4.79 Å². The third kappa shape index (κ3) is 6.49. The number of nitrogens with one attached hydrogen (secondary N) is 2. The van der Waals surface area contributed by atoms with Crippen molar-refractivity contribution < 1.29 is 14.3 Å². The summed E-state index contributed by atoms with van der Waals surface area (Å²) in [6, 6.07) is 0.363. The molecule has 3 amide bonds. The molecule has 1 aliphatic heterocycles. The van der Waals surface area contributed by atoms with Crippen LogP contribution >= 0.6 is 0 Å². The highest BCUT2D eigenvalue weighted by Crippen LogP contribution is 2.24. The maximum absolute atomic E-state index is 12.5. The summed E-state index contributed by atoms with van der Waals surface area (Å²) in [5, 5.41) is 6.20. The van der Waals surface area contributed by atoms with E-state index < -0.39 is 0 Å². The third-order valence-electron chi connectivity index (χ3n) is 5.54. The van der Waals surface area contributed by atoms with Crippen LogP contribution in [-0.2, 0) is 9.53 Å². The lowest BCUT2D eigenvalue weighted by Gasteiger charge is -2.35. The van der Waals surface area contributed by atoms with Gasteiger partial charge in [0.1, 0.15) is 0 Å². The molecule has 2 aliphatic rings. The van der Waals surface area contributed by atoms with Gasteiger partial charge in [-0.15, -0.1) is 0 Å². The molecule has 6 nitrogen and oxygen atoms in total. The van der Waals surface area contributed by atoms with Gasteiger partial charge in [0.2, 0.25) is 5.91 Å². The Morgan fingerprint density at radius 1 is 1.12 bits per heavy atom. The average Bonchev–Trinajstić information content (AvgIpc) is 2.63. The van der Waals surface area contributed by atoms with Crippen molar-refractivity contribution >= 4 is 11.9 Å². The number of hydrogen-bond donors (Lipinski definition) is 2. The molecule has 0 aromatic carbocycles. The molecule has 0 aromatic rings. The minimum absolute atomic E-state index is 0.0322. The monoisotopic (exact) mass is 353 g/mol. The molecule has 0 spiro atoms. The van der Waals surface area contributed by atoms with Crippen LogP contribution in [0.2, 0.25) is 0 Å². The summed E-state index contributed by atoms with van der Waals surface area (Å²) in [6.07, 6.45) is 7.14. The van der Waals surface area contributed by atoms with Gasteiger partial charge < -0.3 is 20.3 Å². The van der Waals surface area contributed by atoms with Crippen LogP contribution in [0.4, 0.5) is 4.79 Å². The Bertz CT molecular complexity index is 422. The van der Waals surface area contributed by atoms with Crippen LogP contribution in [0.1, 0.15) is 58.8 Å². The molecule has 0 radical (unpaired) electrons. The first-order chi connectivity index (χ1) is 12.1. The summed E-state index contributed by atoms with van der Waals surface area (Å²) in [5.74, 6) is 0.722. The summed E-state index contributed by atoms with van der Waals surface area (Å²) < 4.78 is 5.27. The molecule has 0 aromatic heterocycles. The number of likely N-dealkylation sites (tertiary alicyclic amines) is 1. The molecule has 144 valence electrons. The standard InChI is InChI=1S/C19H35N3O3/c1-3-25-14-6-11-20-18(23)16-9-12-22(13-10-16)19(24)21-17-8-5-4-7-15(17)2/h15-17H,3-14H2,1-2H3,(H,20,23)(H,21,24). The maximum atomic E-state index is 12.5. The van der Waals surface area contributed by atoms with Gasteiger partial charge in [0.05, 0.1) is 0 Å². The molecular formula is C19H35N3O3. The second-order valence-electron chi connectivity index (χ2n) is 7.42. The molecule has 2 rings (SSSR count). The van der Waals surface area contributed by atoms with E-state index >= 15 is 0 Å². The summed E-state index contributed by atoms with van der Waals surface area (Å²) in [7, 11) is 0. The number of hydrogen-bond acceptors (Lipinski definition) is 3. The van der Waals surface area contributed by atoms with Crippen molar-refractivity contribution in [1.29, 1.82) is 0 Å². The molecule has 1 saturated heterocycles. The molecule has 2 N–H and O–H groups in total. The van der Waals surface area contributed by atoms with E-state index in [1.807, 2.05) is 11.8 Å². The van der Waals surface area contributed by atoms with Crippen LogP contribution in [0.25, 0.3) is 0 Å². The Kier molecular flexibility index (Phi) is 8.52. The molecule has 1 heterocycles. The molecule has 1 aliphatic carbocycles. The number of rotatable bonds is 7. The fraction of sp³-hybridized carbons (Fsp3) is 0.895. The summed E-state index contributed by atoms with van der Waals surface area (Å²) >= 11 is 0. The SMILES string of the molecule is CCOCCCNC(=O)C1CCN(C(=O)NC2CCCCC2C)CC1. The zero-order chi connectivity index (χ0) is 18.1. The van der Waals surface area contributed by atoms with Crippen molar-refractivity contribution in [3.05, 3.63) is 0 Å². The highest BCUT2D eigenvalue weighted by Gasteiger charge is 2.29. The van der Waals surface area contributed by atoms with Gasteiger partial charge in [0.15, 0.2) is 0 Å². The van der Waals surface area contributed by atoms with Crippen molar-refractivity contribution in [3.8, 4) is 0 Å². The molecule has 2 fully saturated rings. The maximum Gasteiger partial charge on any atom is 0.317 e. The Labute approximate surface area is 152 Å². The fourth-order valence-electron chi connectivity index (χ4n) is 3.80. The van der Waals surface area contributed by atoms with E-state index in [1.165, 1.54) is 19.3 Å². The minimum atomic E-state index is 0.0322. The quantitative estimate of drug-likeness (QED) is 0.691. The normalized spacial score (nSPS) is 24.8. The second-order valence-corrected chi connectivity index (χ2v) is 7.42. The van der Waals surface area contributed by atoms with Crippen molar-refractivity contribution in [2.45, 2.75) is 64.8 Å². The molecule has 25 heavy (non-hydrogen) atoms. The van der Waals surface area contributed by atoms with Crippen LogP contribution in [0.15, 0.2) is 0 Å². The van der Waals surface area contributed by atoms with Crippen LogP contribution in [0.3, 0.4) is 0 Å². The van der Waals surface area contributed by atoms with Crippen LogP contribution in [0, 0.1) is 11.8 Å². The number of piperidine rings is 1. The highest BCUT2D eigenvalue weighted by molar-refractivity contribution is 5.79. The summed E-state index contributed by atoms with van der Waals surface area (Å²) in [4.78, 5) is 26.5. The number of urea groups is 1. The van der Waals surface area contributed by atoms with E-state index in [1.54, 1.807) is 0 Å². The lowest BCUT2D eigenvalue weighted by Crippen LogP contribution is -2.51. The van der Waals surface area contributed by atoms with E-state index in [4.69, 9.17) is 4.74 Å². The first-order valence-corrected chi connectivity index (χ1v) is 10.0. The Morgan fingerprint density at radius 2 is 1.84 bits per heavy atom. The Hall–Kier alpha value is -1.30. The Balaban J connectivity index is 1.64. The number of nitrogens with zero attached hydrogens (tertiary/aromatic N) is 1. The van der Waals surface area contributed by atoms with Gasteiger partial charge in [0, 0.05) is 44.8 Å². The molecule has 0 bridgehead atoms. The first-order valence-electron chi connectivity index (χ1n) is 10.0. The predicted molar refractivity (Wildman–Crippen MR) is 98.4 cm³/mol. The molecule has 2 unspecified atom stereocenters. The summed E-state index contributed by atoms with van der Waals surface area (Å²) in [6.45, 7) is 7.61. The molecule has 1 saturated carbocycles. The van der Waals surface area contributed by atoms with Gasteiger partial charge in [-0.1, -0.05) is 19.8 Å².